The molecule has 0 saturated carbocycles. The Morgan fingerprint density at radius 3 is 2.82 bits per heavy atom. The van der Waals surface area contributed by atoms with E-state index in [0.29, 0.717) is 13.2 Å². The number of hydrogen-bond donors (Lipinski definition) is 0. The first-order chi connectivity index (χ1) is 8.27. The largest absolute Gasteiger partial charge is 0.381 e. The third-order valence-corrected chi connectivity index (χ3v) is 3.15. The quantitative estimate of drug-likeness (QED) is 0.800. The summed E-state index contributed by atoms with van der Waals surface area (Å²) < 4.78 is 5.36. The predicted octanol–water partition coefficient (Wildman–Crippen LogP) is 2.07. The van der Waals surface area contributed by atoms with E-state index in [0.717, 1.165) is 19.4 Å². The summed E-state index contributed by atoms with van der Waals surface area (Å²) in [6, 6.07) is 10.1. The summed E-state index contributed by atoms with van der Waals surface area (Å²) >= 11 is 0. The monoisotopic (exact) mass is 233 g/mol. The van der Waals surface area contributed by atoms with Crippen LogP contribution in [-0.4, -0.2) is 31.1 Å². The van der Waals surface area contributed by atoms with E-state index in [-0.39, 0.29) is 11.8 Å². The van der Waals surface area contributed by atoms with Crippen molar-refractivity contribution in [2.75, 3.05) is 20.3 Å². The molecule has 0 bridgehead atoms. The van der Waals surface area contributed by atoms with E-state index in [9.17, 15) is 4.79 Å². The van der Waals surface area contributed by atoms with Crippen LogP contribution in [0.15, 0.2) is 30.3 Å². The Kier molecular flexibility index (Phi) is 4.15. The Balaban J connectivity index is 1.90. The van der Waals surface area contributed by atoms with Gasteiger partial charge in [0.15, 0.2) is 0 Å². The fourth-order valence-electron chi connectivity index (χ4n) is 2.18. The highest BCUT2D eigenvalue weighted by Gasteiger charge is 2.24. The molecule has 17 heavy (non-hydrogen) atoms. The van der Waals surface area contributed by atoms with Crippen molar-refractivity contribution < 1.29 is 9.53 Å². The first-order valence-corrected chi connectivity index (χ1v) is 6.14. The summed E-state index contributed by atoms with van der Waals surface area (Å²) in [4.78, 5) is 13.9. The molecule has 1 aliphatic rings. The summed E-state index contributed by atoms with van der Waals surface area (Å²) in [5.74, 6) is 0.256. The smallest absolute Gasteiger partial charge is 0.228 e. The van der Waals surface area contributed by atoms with Gasteiger partial charge in [0.25, 0.3) is 0 Å². The molecule has 1 aromatic carbocycles. The molecule has 1 aromatic rings. The number of benzene rings is 1. The maximum Gasteiger partial charge on any atom is 0.228 e. The Labute approximate surface area is 102 Å². The molecule has 2 rings (SSSR count). The van der Waals surface area contributed by atoms with Crippen molar-refractivity contribution in [3.05, 3.63) is 35.9 Å². The molecule has 0 aromatic heterocycles. The highest BCUT2D eigenvalue weighted by molar-refractivity contribution is 5.78. The minimum atomic E-state index is 0.0532. The minimum absolute atomic E-state index is 0.0532. The SMILES string of the molecule is CN(Cc1ccccc1)C(=O)C1CCCOC1. The zero-order valence-electron chi connectivity index (χ0n) is 10.3. The zero-order chi connectivity index (χ0) is 12.1. The lowest BCUT2D eigenvalue weighted by atomic mass is 10.0. The van der Waals surface area contributed by atoms with Crippen molar-refractivity contribution in [1.82, 2.24) is 4.90 Å². The fourth-order valence-corrected chi connectivity index (χ4v) is 2.18. The summed E-state index contributed by atoms with van der Waals surface area (Å²) in [5, 5.41) is 0. The fraction of sp³-hybridized carbons (Fsp3) is 0.500. The molecule has 0 aliphatic carbocycles. The minimum Gasteiger partial charge on any atom is -0.381 e. The molecular formula is C14H19NO2. The molecule has 1 unspecified atom stereocenters. The van der Waals surface area contributed by atoms with E-state index in [1.54, 1.807) is 4.90 Å². The third-order valence-electron chi connectivity index (χ3n) is 3.15. The zero-order valence-corrected chi connectivity index (χ0v) is 10.3. The average molecular weight is 233 g/mol. The predicted molar refractivity (Wildman–Crippen MR) is 66.5 cm³/mol. The van der Waals surface area contributed by atoms with Crippen LogP contribution in [0.5, 0.6) is 0 Å². The van der Waals surface area contributed by atoms with Gasteiger partial charge in [-0.3, -0.25) is 4.79 Å². The first-order valence-electron chi connectivity index (χ1n) is 6.14. The Morgan fingerprint density at radius 2 is 2.18 bits per heavy atom. The number of nitrogens with zero attached hydrogens (tertiary/aromatic N) is 1. The van der Waals surface area contributed by atoms with Crippen LogP contribution in [0, 0.1) is 5.92 Å². The molecule has 3 nitrogen and oxygen atoms in total. The van der Waals surface area contributed by atoms with Gasteiger partial charge in [0.05, 0.1) is 12.5 Å². The van der Waals surface area contributed by atoms with Crippen LogP contribution in [-0.2, 0) is 16.1 Å². The molecule has 1 atom stereocenters. The lowest BCUT2D eigenvalue weighted by Crippen LogP contribution is -2.36. The van der Waals surface area contributed by atoms with E-state index in [1.807, 2.05) is 37.4 Å². The van der Waals surface area contributed by atoms with E-state index in [4.69, 9.17) is 4.74 Å². The highest BCUT2D eigenvalue weighted by atomic mass is 16.5. The van der Waals surface area contributed by atoms with Crippen LogP contribution in [0.25, 0.3) is 0 Å². The normalized spacial score (nSPS) is 19.9. The molecule has 1 fully saturated rings. The van der Waals surface area contributed by atoms with Crippen molar-refractivity contribution in [2.24, 2.45) is 5.92 Å². The van der Waals surface area contributed by atoms with Gasteiger partial charge in [-0.05, 0) is 18.4 Å². The second kappa shape index (κ2) is 5.82. The maximum atomic E-state index is 12.1. The average Bonchev–Trinajstić information content (AvgIpc) is 2.40. The Bertz CT molecular complexity index is 358. The van der Waals surface area contributed by atoms with Crippen LogP contribution >= 0.6 is 0 Å². The van der Waals surface area contributed by atoms with Gasteiger partial charge in [0.1, 0.15) is 0 Å². The molecule has 1 aliphatic heterocycles. The standard InChI is InChI=1S/C14H19NO2/c1-15(10-12-6-3-2-4-7-12)14(16)13-8-5-9-17-11-13/h2-4,6-7,13H,5,8-11H2,1H3. The van der Waals surface area contributed by atoms with Gasteiger partial charge in [-0.1, -0.05) is 30.3 Å². The lowest BCUT2D eigenvalue weighted by Gasteiger charge is -2.26. The maximum absolute atomic E-state index is 12.1. The van der Waals surface area contributed by atoms with Crippen molar-refractivity contribution in [3.63, 3.8) is 0 Å². The van der Waals surface area contributed by atoms with Crippen molar-refractivity contribution >= 4 is 5.91 Å². The van der Waals surface area contributed by atoms with Gasteiger partial charge in [-0.15, -0.1) is 0 Å². The summed E-state index contributed by atoms with van der Waals surface area (Å²) in [5.41, 5.74) is 1.17. The molecule has 92 valence electrons. The summed E-state index contributed by atoms with van der Waals surface area (Å²) in [6.07, 6.45) is 1.95. The number of carbonyl (C=O) groups is 1. The van der Waals surface area contributed by atoms with E-state index >= 15 is 0 Å². The molecule has 1 saturated heterocycles. The van der Waals surface area contributed by atoms with E-state index < -0.39 is 0 Å². The van der Waals surface area contributed by atoms with Crippen LogP contribution in [0.2, 0.25) is 0 Å². The van der Waals surface area contributed by atoms with Crippen molar-refractivity contribution in [3.8, 4) is 0 Å². The number of hydrogen-bond acceptors (Lipinski definition) is 2. The number of ether oxygens (including phenoxy) is 1. The van der Waals surface area contributed by atoms with Gasteiger partial charge in [-0.25, -0.2) is 0 Å². The second-order valence-electron chi connectivity index (χ2n) is 4.59. The topological polar surface area (TPSA) is 29.5 Å². The summed E-state index contributed by atoms with van der Waals surface area (Å²) in [6.45, 7) is 2.06. The molecule has 0 spiro atoms. The first kappa shape index (κ1) is 12.1. The van der Waals surface area contributed by atoms with Crippen LogP contribution in [0.3, 0.4) is 0 Å². The molecule has 0 N–H and O–H groups in total. The lowest BCUT2D eigenvalue weighted by molar-refractivity contribution is -0.138. The molecule has 1 heterocycles. The highest BCUT2D eigenvalue weighted by Crippen LogP contribution is 2.16. The molecule has 1 amide bonds. The van der Waals surface area contributed by atoms with E-state index in [1.165, 1.54) is 5.56 Å². The van der Waals surface area contributed by atoms with Gasteiger partial charge in [0.2, 0.25) is 5.91 Å². The summed E-state index contributed by atoms with van der Waals surface area (Å²) in [7, 11) is 1.87. The Morgan fingerprint density at radius 1 is 1.41 bits per heavy atom. The Hall–Kier alpha value is -1.35. The van der Waals surface area contributed by atoms with Crippen LogP contribution in [0.4, 0.5) is 0 Å². The van der Waals surface area contributed by atoms with Crippen LogP contribution in [0.1, 0.15) is 18.4 Å². The van der Waals surface area contributed by atoms with Gasteiger partial charge < -0.3 is 9.64 Å². The molecule has 0 radical (unpaired) electrons. The van der Waals surface area contributed by atoms with Gasteiger partial charge in [-0.2, -0.15) is 0 Å². The van der Waals surface area contributed by atoms with Crippen LogP contribution < -0.4 is 0 Å². The number of amides is 1. The van der Waals surface area contributed by atoms with Crippen molar-refractivity contribution in [2.45, 2.75) is 19.4 Å². The van der Waals surface area contributed by atoms with Gasteiger partial charge >= 0.3 is 0 Å². The van der Waals surface area contributed by atoms with E-state index in [2.05, 4.69) is 0 Å². The second-order valence-corrected chi connectivity index (χ2v) is 4.59. The molecular weight excluding hydrogens is 214 g/mol. The third kappa shape index (κ3) is 3.30. The van der Waals surface area contributed by atoms with Crippen molar-refractivity contribution in [1.29, 1.82) is 0 Å². The van der Waals surface area contributed by atoms with Gasteiger partial charge in [0, 0.05) is 20.2 Å². The number of rotatable bonds is 3. The molecule has 3 heteroatoms. The number of carbonyl (C=O) groups excluding carboxylic acids is 1.